The van der Waals surface area contributed by atoms with E-state index in [2.05, 4.69) is 266 Å². The number of hydrogen-bond acceptors (Lipinski definition) is 3. The molecule has 10 aromatic carbocycles. The maximum Gasteiger partial charge on any atom is 0.137 e. The molecule has 14 aromatic rings. The molecule has 0 saturated heterocycles. The molecule has 0 amide bonds. The molecule has 1 aliphatic heterocycles. The molecule has 0 atom stereocenters. The molecule has 4 aromatic heterocycles. The smallest absolute Gasteiger partial charge is 0.137 e. The van der Waals surface area contributed by atoms with E-state index < -0.39 is 6.85 Å². The largest absolute Gasteiger partial charge is 0.457 e. The van der Waals surface area contributed by atoms with Crippen LogP contribution in [0.5, 0.6) is 11.5 Å². The van der Waals surface area contributed by atoms with Gasteiger partial charge < -0.3 is 18.8 Å². The number of benzene rings is 10. The summed E-state index contributed by atoms with van der Waals surface area (Å²) in [5, 5.41) is 11.3. The van der Waals surface area contributed by atoms with Crippen LogP contribution in [0.3, 0.4) is 0 Å². The Bertz CT molecular complexity index is 5040. The first-order valence-electron chi connectivity index (χ1n) is 29.5. The van der Waals surface area contributed by atoms with Gasteiger partial charge in [0.25, 0.3) is 0 Å². The van der Waals surface area contributed by atoms with Crippen molar-refractivity contribution >= 4 is 98.3 Å². The van der Waals surface area contributed by atoms with Crippen LogP contribution in [0.4, 0.5) is 11.4 Å². The average molecular weight is 1050 g/mol. The van der Waals surface area contributed by atoms with Gasteiger partial charge in [-0.15, -0.1) is 0 Å². The molecule has 6 heteroatoms. The lowest BCUT2D eigenvalue weighted by molar-refractivity contribution is 0.483. The predicted octanol–water partition coefficient (Wildman–Crippen LogP) is 20.3. The van der Waals surface area contributed by atoms with Crippen molar-refractivity contribution in [3.8, 4) is 34.1 Å². The first kappa shape index (κ1) is 45.2. The number of ether oxygens (including phenoxy) is 1. The van der Waals surface area contributed by atoms with E-state index in [1.807, 2.05) is 24.4 Å². The second-order valence-corrected chi connectivity index (χ2v) is 23.9. The highest BCUT2D eigenvalue weighted by Crippen LogP contribution is 2.46. The number of hydrogen-bond donors (Lipinski definition) is 0. The van der Waals surface area contributed by atoms with Crippen LogP contribution in [0.15, 0.2) is 231 Å². The number of anilines is 2. The van der Waals surface area contributed by atoms with Gasteiger partial charge >= 0.3 is 0 Å². The predicted molar refractivity (Wildman–Crippen MR) is 341 cm³/mol. The molecule has 0 unspecified atom stereocenters. The van der Waals surface area contributed by atoms with E-state index in [0.29, 0.717) is 23.7 Å². The lowest BCUT2D eigenvalue weighted by atomic mass is 9.84. The lowest BCUT2D eigenvalue weighted by Crippen LogP contribution is -2.15. The van der Waals surface area contributed by atoms with Gasteiger partial charge in [-0.25, -0.2) is 4.98 Å². The van der Waals surface area contributed by atoms with Crippen LogP contribution in [-0.2, 0) is 17.5 Å². The van der Waals surface area contributed by atoms with Crippen molar-refractivity contribution in [1.82, 2.24) is 18.7 Å². The Hall–Kier alpha value is -9.65. The molecular formula is C75H61N5O. The normalized spacial score (nSPS) is 13.5. The van der Waals surface area contributed by atoms with Crippen molar-refractivity contribution in [2.24, 2.45) is 0 Å². The van der Waals surface area contributed by atoms with Gasteiger partial charge in [-0.1, -0.05) is 187 Å². The number of pyridine rings is 1. The average Bonchev–Trinajstić information content (AvgIpc) is 2.30. The SMILES string of the molecule is [2H]C([2H])([2H])c1cc(-c2cccc3c4ccccc4c4ccccc4c4cccc5c4n(c23)CN5c2cccc(Oc3ccc4c5cc(-n6c7ccccc7c7ccccc76)ccc5n(-c5cc(C(C)(C)C)ccn5)c4c3)c2)cc(C(C)(C)C)c1. The van der Waals surface area contributed by atoms with Gasteiger partial charge in [0.15, 0.2) is 0 Å². The monoisotopic (exact) mass is 1050 g/mol. The number of fused-ring (bicyclic) bond motifs is 13. The van der Waals surface area contributed by atoms with E-state index in [1.165, 1.54) is 16.3 Å². The number of nitrogens with zero attached hydrogens (tertiary/aromatic N) is 5. The van der Waals surface area contributed by atoms with Gasteiger partial charge in [-0.2, -0.15) is 0 Å². The summed E-state index contributed by atoms with van der Waals surface area (Å²) in [5.74, 6) is 2.25. The van der Waals surface area contributed by atoms with E-state index >= 15 is 0 Å². The van der Waals surface area contributed by atoms with Crippen molar-refractivity contribution in [3.63, 3.8) is 0 Å². The third-order valence-corrected chi connectivity index (χ3v) is 16.8. The van der Waals surface area contributed by atoms with Gasteiger partial charge in [0.1, 0.15) is 24.0 Å². The quantitative estimate of drug-likeness (QED) is 0.167. The highest BCUT2D eigenvalue weighted by molar-refractivity contribution is 6.22. The van der Waals surface area contributed by atoms with Crippen LogP contribution < -0.4 is 9.64 Å². The summed E-state index contributed by atoms with van der Waals surface area (Å²) in [5.41, 5.74) is 13.5. The zero-order valence-corrected chi connectivity index (χ0v) is 46.3. The molecule has 1 aliphatic rings. The fourth-order valence-corrected chi connectivity index (χ4v) is 12.8. The van der Waals surface area contributed by atoms with E-state index in [9.17, 15) is 0 Å². The van der Waals surface area contributed by atoms with Crippen LogP contribution >= 0.6 is 0 Å². The lowest BCUT2D eigenvalue weighted by Gasteiger charge is -2.22. The van der Waals surface area contributed by atoms with Crippen LogP contribution in [0.25, 0.3) is 110 Å². The Morgan fingerprint density at radius 1 is 0.420 bits per heavy atom. The van der Waals surface area contributed by atoms with Crippen LogP contribution in [0.1, 0.15) is 62.3 Å². The molecule has 15 rings (SSSR count). The maximum absolute atomic E-state index is 8.68. The third kappa shape index (κ3) is 7.87. The van der Waals surface area contributed by atoms with Crippen LogP contribution in [-0.4, -0.2) is 18.7 Å². The summed E-state index contributed by atoms with van der Waals surface area (Å²) in [7, 11) is 0. The molecular weight excluding hydrogens is 987 g/mol. The molecule has 0 N–H and O–H groups in total. The second kappa shape index (κ2) is 18.2. The Morgan fingerprint density at radius 3 is 1.70 bits per heavy atom. The Morgan fingerprint density at radius 2 is 1.01 bits per heavy atom. The van der Waals surface area contributed by atoms with E-state index in [4.69, 9.17) is 13.8 Å². The Labute approximate surface area is 475 Å². The third-order valence-electron chi connectivity index (χ3n) is 16.8. The minimum Gasteiger partial charge on any atom is -0.457 e. The number of para-hydroxylation sites is 4. The molecule has 0 bridgehead atoms. The molecule has 0 saturated carbocycles. The summed E-state index contributed by atoms with van der Waals surface area (Å²) in [6.45, 7) is 11.3. The minimum atomic E-state index is -2.30. The van der Waals surface area contributed by atoms with Gasteiger partial charge in [0.05, 0.1) is 38.8 Å². The summed E-state index contributed by atoms with van der Waals surface area (Å²) in [6.07, 6.45) is 1.93. The number of rotatable bonds is 6. The van der Waals surface area contributed by atoms with Gasteiger partial charge in [0, 0.05) is 71.7 Å². The molecule has 6 nitrogen and oxygen atoms in total. The molecule has 0 spiro atoms. The molecule has 0 radical (unpaired) electrons. The summed E-state index contributed by atoms with van der Waals surface area (Å²) >= 11 is 0. The van der Waals surface area contributed by atoms with Gasteiger partial charge in [0.2, 0.25) is 0 Å². The van der Waals surface area contributed by atoms with Crippen molar-refractivity contribution in [2.75, 3.05) is 4.90 Å². The Balaban J connectivity index is 0.900. The summed E-state index contributed by atoms with van der Waals surface area (Å²) in [6, 6.07) is 79.8. The zero-order chi connectivity index (χ0) is 57.4. The van der Waals surface area contributed by atoms with Crippen molar-refractivity contribution in [2.45, 2.75) is 65.9 Å². The minimum absolute atomic E-state index is 0.0889. The van der Waals surface area contributed by atoms with Crippen LogP contribution in [0.2, 0.25) is 0 Å². The molecule has 81 heavy (non-hydrogen) atoms. The maximum atomic E-state index is 8.68. The van der Waals surface area contributed by atoms with E-state index in [1.54, 1.807) is 0 Å². The first-order chi connectivity index (χ1) is 40.5. The molecule has 5 heterocycles. The van der Waals surface area contributed by atoms with E-state index in [-0.39, 0.29) is 10.8 Å². The van der Waals surface area contributed by atoms with E-state index in [0.717, 1.165) is 116 Å². The van der Waals surface area contributed by atoms with Crippen molar-refractivity contribution < 1.29 is 8.85 Å². The standard InChI is InChI=1S/C75H61N5O/c1-47-39-48(41-50(40-47)75(5,6)7)55-27-17-28-63-58-23-10-8-21-56(58)57-22-9-11-24-59(57)64-29-18-32-69-73(64)78(72(55)63)46-77(69)51-19-16-20-53(43-51)81-54-34-35-62-65-44-52(79-66-30-14-12-25-60(66)61-26-13-15-31-67(61)79)33-36-68(65)80(70(62)45-54)71-42-49(37-38-76-71)74(2,3)4/h8-45H,46H2,1-7H3/i1D3. The van der Waals surface area contributed by atoms with Crippen molar-refractivity contribution in [3.05, 3.63) is 247 Å². The van der Waals surface area contributed by atoms with Gasteiger partial charge in [-0.3, -0.25) is 4.57 Å². The molecule has 0 fully saturated rings. The Kier molecular flexibility index (Phi) is 10.2. The summed E-state index contributed by atoms with van der Waals surface area (Å²) < 4.78 is 40.2. The van der Waals surface area contributed by atoms with Crippen LogP contribution in [0, 0.1) is 6.85 Å². The fourth-order valence-electron chi connectivity index (χ4n) is 12.8. The van der Waals surface area contributed by atoms with Gasteiger partial charge in [-0.05, 0) is 129 Å². The fraction of sp³-hybridized carbons (Fsp3) is 0.133. The number of aromatic nitrogens is 4. The van der Waals surface area contributed by atoms with Crippen molar-refractivity contribution in [1.29, 1.82) is 0 Å². The first-order valence-corrected chi connectivity index (χ1v) is 28.0. The zero-order valence-electron chi connectivity index (χ0n) is 49.3. The highest BCUT2D eigenvalue weighted by atomic mass is 16.5. The topological polar surface area (TPSA) is 40.1 Å². The summed E-state index contributed by atoms with van der Waals surface area (Å²) in [4.78, 5) is 7.43. The second-order valence-electron chi connectivity index (χ2n) is 23.9. The molecule has 392 valence electrons. The number of aryl methyl sites for hydroxylation is 1. The molecule has 0 aliphatic carbocycles. The highest BCUT2D eigenvalue weighted by Gasteiger charge is 2.27.